The van der Waals surface area contributed by atoms with Crippen LogP contribution in [-0.4, -0.2) is 38.8 Å². The summed E-state index contributed by atoms with van der Waals surface area (Å²) in [4.78, 5) is 14.3. The maximum atomic E-state index is 13.0. The molecule has 24 heavy (non-hydrogen) atoms. The molecule has 1 aromatic heterocycles. The van der Waals surface area contributed by atoms with Gasteiger partial charge in [-0.3, -0.25) is 9.48 Å². The summed E-state index contributed by atoms with van der Waals surface area (Å²) >= 11 is 0. The molecule has 1 aromatic carbocycles. The Kier molecular flexibility index (Phi) is 4.94. The molecule has 6 heteroatoms. The number of benzene rings is 1. The number of aryl methyl sites for hydroxylation is 1. The molecule has 128 valence electrons. The monoisotopic (exact) mass is 331 g/mol. The average molecular weight is 331 g/mol. The number of piperidine rings is 1. The number of likely N-dealkylation sites (tertiary alicyclic amines) is 1. The van der Waals surface area contributed by atoms with Gasteiger partial charge in [-0.25, -0.2) is 4.39 Å². The Morgan fingerprint density at radius 1 is 1.33 bits per heavy atom. The highest BCUT2D eigenvalue weighted by molar-refractivity contribution is 5.93. The minimum atomic E-state index is -0.620. The van der Waals surface area contributed by atoms with Gasteiger partial charge in [0.1, 0.15) is 5.82 Å². The van der Waals surface area contributed by atoms with Crippen LogP contribution in [0, 0.1) is 11.7 Å². The van der Waals surface area contributed by atoms with E-state index in [1.807, 2.05) is 11.8 Å². The Hall–Kier alpha value is -2.21. The molecule has 1 saturated heterocycles. The van der Waals surface area contributed by atoms with E-state index in [0.717, 1.165) is 24.9 Å². The molecule has 0 saturated carbocycles. The number of hydrogen-bond acceptors (Lipinski definition) is 3. The van der Waals surface area contributed by atoms with Crippen LogP contribution in [0.25, 0.3) is 0 Å². The molecule has 1 N–H and O–H groups in total. The highest BCUT2D eigenvalue weighted by atomic mass is 19.1. The fourth-order valence-electron chi connectivity index (χ4n) is 3.18. The Bertz CT molecular complexity index is 691. The van der Waals surface area contributed by atoms with Crippen LogP contribution in [0.5, 0.6) is 0 Å². The summed E-state index contributed by atoms with van der Waals surface area (Å²) < 4.78 is 14.7. The first-order valence-electron chi connectivity index (χ1n) is 8.33. The standard InChI is InChI=1S/C18H22FN3O2/c1-2-22-12-15(11-20-22)18(24)21-9-7-14(8-10-21)17(23)13-3-5-16(19)6-4-13/h3-6,11-12,14,17,23H,2,7-10H2,1H3. The lowest BCUT2D eigenvalue weighted by atomic mass is 9.87. The average Bonchev–Trinajstić information content (AvgIpc) is 3.10. The van der Waals surface area contributed by atoms with Crippen molar-refractivity contribution in [3.63, 3.8) is 0 Å². The van der Waals surface area contributed by atoms with E-state index in [2.05, 4.69) is 5.10 Å². The highest BCUT2D eigenvalue weighted by Gasteiger charge is 2.29. The highest BCUT2D eigenvalue weighted by Crippen LogP contribution is 2.31. The van der Waals surface area contributed by atoms with E-state index in [1.54, 1.807) is 29.2 Å². The number of nitrogens with zero attached hydrogens (tertiary/aromatic N) is 3. The van der Waals surface area contributed by atoms with Crippen LogP contribution in [0.3, 0.4) is 0 Å². The molecule has 2 aromatic rings. The number of aliphatic hydroxyl groups is 1. The van der Waals surface area contributed by atoms with Crippen molar-refractivity contribution in [3.8, 4) is 0 Å². The molecular weight excluding hydrogens is 309 g/mol. The summed E-state index contributed by atoms with van der Waals surface area (Å²) in [5, 5.41) is 14.6. The second kappa shape index (κ2) is 7.13. The summed E-state index contributed by atoms with van der Waals surface area (Å²) in [6, 6.07) is 5.97. The Balaban J connectivity index is 1.58. The Morgan fingerprint density at radius 3 is 2.58 bits per heavy atom. The van der Waals surface area contributed by atoms with Gasteiger partial charge >= 0.3 is 0 Å². The van der Waals surface area contributed by atoms with Crippen molar-refractivity contribution >= 4 is 5.91 Å². The van der Waals surface area contributed by atoms with Crippen LogP contribution in [0.15, 0.2) is 36.7 Å². The lowest BCUT2D eigenvalue weighted by Gasteiger charge is -2.34. The summed E-state index contributed by atoms with van der Waals surface area (Å²) in [6.45, 7) is 3.93. The number of rotatable bonds is 4. The van der Waals surface area contributed by atoms with Crippen molar-refractivity contribution in [2.75, 3.05) is 13.1 Å². The third-order valence-corrected chi connectivity index (χ3v) is 4.69. The molecule has 1 atom stereocenters. The summed E-state index contributed by atoms with van der Waals surface area (Å²) in [6.07, 6.45) is 4.21. The maximum Gasteiger partial charge on any atom is 0.257 e. The van der Waals surface area contributed by atoms with E-state index in [0.29, 0.717) is 18.7 Å². The number of aromatic nitrogens is 2. The van der Waals surface area contributed by atoms with Crippen LogP contribution in [0.4, 0.5) is 4.39 Å². The Morgan fingerprint density at radius 2 is 2.00 bits per heavy atom. The molecule has 1 fully saturated rings. The van der Waals surface area contributed by atoms with Crippen molar-refractivity contribution in [2.45, 2.75) is 32.4 Å². The maximum absolute atomic E-state index is 13.0. The zero-order valence-electron chi connectivity index (χ0n) is 13.7. The van der Waals surface area contributed by atoms with Crippen LogP contribution in [-0.2, 0) is 6.54 Å². The van der Waals surface area contributed by atoms with Gasteiger partial charge in [0.25, 0.3) is 5.91 Å². The smallest absolute Gasteiger partial charge is 0.257 e. The van der Waals surface area contributed by atoms with E-state index >= 15 is 0 Å². The van der Waals surface area contributed by atoms with Crippen molar-refractivity contribution in [1.82, 2.24) is 14.7 Å². The summed E-state index contributed by atoms with van der Waals surface area (Å²) in [7, 11) is 0. The lowest BCUT2D eigenvalue weighted by molar-refractivity contribution is 0.0462. The van der Waals surface area contributed by atoms with Gasteiger partial charge in [0.2, 0.25) is 0 Å². The van der Waals surface area contributed by atoms with Crippen molar-refractivity contribution in [1.29, 1.82) is 0 Å². The van der Waals surface area contributed by atoms with E-state index in [-0.39, 0.29) is 17.6 Å². The first-order valence-corrected chi connectivity index (χ1v) is 8.33. The second-order valence-corrected chi connectivity index (χ2v) is 6.21. The minimum absolute atomic E-state index is 0.00979. The zero-order chi connectivity index (χ0) is 17.1. The molecule has 3 rings (SSSR count). The number of carbonyl (C=O) groups is 1. The van der Waals surface area contributed by atoms with Gasteiger partial charge in [0, 0.05) is 25.8 Å². The molecule has 1 amide bonds. The molecule has 0 radical (unpaired) electrons. The van der Waals surface area contributed by atoms with Crippen molar-refractivity contribution in [2.24, 2.45) is 5.92 Å². The lowest BCUT2D eigenvalue weighted by Crippen LogP contribution is -2.39. The van der Waals surface area contributed by atoms with Crippen LogP contribution < -0.4 is 0 Å². The van der Waals surface area contributed by atoms with Crippen molar-refractivity contribution in [3.05, 3.63) is 53.6 Å². The molecule has 2 heterocycles. The molecule has 1 aliphatic heterocycles. The molecule has 0 aliphatic carbocycles. The van der Waals surface area contributed by atoms with Crippen LogP contribution in [0.1, 0.15) is 41.8 Å². The van der Waals surface area contributed by atoms with Gasteiger partial charge < -0.3 is 10.0 Å². The van der Waals surface area contributed by atoms with E-state index in [1.165, 1.54) is 12.1 Å². The third-order valence-electron chi connectivity index (χ3n) is 4.69. The summed E-state index contributed by atoms with van der Waals surface area (Å²) in [5.41, 5.74) is 1.33. The number of aliphatic hydroxyl groups excluding tert-OH is 1. The van der Waals surface area contributed by atoms with E-state index in [4.69, 9.17) is 0 Å². The Labute approximate surface area is 140 Å². The molecule has 0 bridgehead atoms. The van der Waals surface area contributed by atoms with Gasteiger partial charge in [-0.05, 0) is 43.4 Å². The molecular formula is C18H22FN3O2. The van der Waals surface area contributed by atoms with E-state index < -0.39 is 6.10 Å². The third kappa shape index (κ3) is 3.48. The fraction of sp³-hybridized carbons (Fsp3) is 0.444. The summed E-state index contributed by atoms with van der Waals surface area (Å²) in [5.74, 6) is -0.235. The topological polar surface area (TPSA) is 58.4 Å². The fourth-order valence-corrected chi connectivity index (χ4v) is 3.18. The molecule has 5 nitrogen and oxygen atoms in total. The SMILES string of the molecule is CCn1cc(C(=O)N2CCC(C(O)c3ccc(F)cc3)CC2)cn1. The molecule has 1 unspecified atom stereocenters. The van der Waals surface area contributed by atoms with Gasteiger partial charge in [-0.2, -0.15) is 5.10 Å². The molecule has 0 spiro atoms. The van der Waals surface area contributed by atoms with E-state index in [9.17, 15) is 14.3 Å². The van der Waals surface area contributed by atoms with Gasteiger partial charge in [-0.1, -0.05) is 12.1 Å². The van der Waals surface area contributed by atoms with Gasteiger partial charge in [-0.15, -0.1) is 0 Å². The predicted octanol–water partition coefficient (Wildman–Crippen LogP) is 2.63. The first kappa shape index (κ1) is 16.6. The van der Waals surface area contributed by atoms with Crippen molar-refractivity contribution < 1.29 is 14.3 Å². The second-order valence-electron chi connectivity index (χ2n) is 6.21. The quantitative estimate of drug-likeness (QED) is 0.937. The predicted molar refractivity (Wildman–Crippen MR) is 87.9 cm³/mol. The zero-order valence-corrected chi connectivity index (χ0v) is 13.7. The molecule has 1 aliphatic rings. The normalized spacial score (nSPS) is 17.0. The minimum Gasteiger partial charge on any atom is -0.388 e. The van der Waals surface area contributed by atoms with Crippen LogP contribution >= 0.6 is 0 Å². The number of halogens is 1. The number of carbonyl (C=O) groups excluding carboxylic acids is 1. The number of hydrogen-bond donors (Lipinski definition) is 1. The number of amides is 1. The first-order chi connectivity index (χ1) is 11.6. The van der Waals surface area contributed by atoms with Gasteiger partial charge in [0.05, 0.1) is 17.9 Å². The van der Waals surface area contributed by atoms with Gasteiger partial charge in [0.15, 0.2) is 0 Å². The largest absolute Gasteiger partial charge is 0.388 e. The van der Waals surface area contributed by atoms with Crippen LogP contribution in [0.2, 0.25) is 0 Å².